The number of aryl methyl sites for hydroxylation is 1. The van der Waals surface area contributed by atoms with Crippen LogP contribution in [0, 0.1) is 0 Å². The van der Waals surface area contributed by atoms with Crippen molar-refractivity contribution in [3.05, 3.63) is 35.9 Å². The second-order valence-electron chi connectivity index (χ2n) is 3.63. The van der Waals surface area contributed by atoms with E-state index < -0.39 is 0 Å². The molecule has 0 bridgehead atoms. The molecule has 0 radical (unpaired) electrons. The maximum absolute atomic E-state index is 11.2. The zero-order chi connectivity index (χ0) is 11.8. The van der Waals surface area contributed by atoms with Crippen molar-refractivity contribution in [1.82, 2.24) is 0 Å². The number of esters is 1. The van der Waals surface area contributed by atoms with Gasteiger partial charge in [0.1, 0.15) is 0 Å². The van der Waals surface area contributed by atoms with E-state index in [0.717, 1.165) is 12.8 Å². The standard InChI is InChI=1S/C13H17BrO2/c1-2-16-13(15)10-12(14)9-8-11-6-4-3-5-7-11/h3-7,12H,2,8-10H2,1H3. The minimum absolute atomic E-state index is 0.127. The average Bonchev–Trinajstić information content (AvgIpc) is 2.28. The highest BCUT2D eigenvalue weighted by atomic mass is 79.9. The summed E-state index contributed by atoms with van der Waals surface area (Å²) in [6, 6.07) is 10.3. The molecule has 1 unspecified atom stereocenters. The first-order chi connectivity index (χ1) is 7.72. The number of alkyl halides is 1. The highest BCUT2D eigenvalue weighted by Crippen LogP contribution is 2.14. The maximum atomic E-state index is 11.2. The maximum Gasteiger partial charge on any atom is 0.306 e. The molecule has 1 rings (SSSR count). The molecule has 1 aromatic carbocycles. The van der Waals surface area contributed by atoms with Crippen LogP contribution in [0.2, 0.25) is 0 Å². The molecule has 1 aromatic rings. The predicted octanol–water partition coefficient (Wildman–Crippen LogP) is 3.34. The number of carbonyl (C=O) groups excluding carboxylic acids is 1. The molecule has 16 heavy (non-hydrogen) atoms. The normalized spacial score (nSPS) is 12.1. The molecular formula is C13H17BrO2. The van der Waals surface area contributed by atoms with Crippen molar-refractivity contribution in [2.45, 2.75) is 31.0 Å². The number of hydrogen-bond donors (Lipinski definition) is 0. The van der Waals surface area contributed by atoms with Crippen LogP contribution in [0.5, 0.6) is 0 Å². The quantitative estimate of drug-likeness (QED) is 0.592. The van der Waals surface area contributed by atoms with E-state index >= 15 is 0 Å². The molecule has 0 aliphatic carbocycles. The van der Waals surface area contributed by atoms with Crippen molar-refractivity contribution in [1.29, 1.82) is 0 Å². The Labute approximate surface area is 105 Å². The lowest BCUT2D eigenvalue weighted by Crippen LogP contribution is -2.11. The minimum atomic E-state index is -0.127. The van der Waals surface area contributed by atoms with Gasteiger partial charge >= 0.3 is 5.97 Å². The van der Waals surface area contributed by atoms with E-state index in [1.807, 2.05) is 25.1 Å². The van der Waals surface area contributed by atoms with Gasteiger partial charge in [-0.2, -0.15) is 0 Å². The third-order valence-corrected chi connectivity index (χ3v) is 3.06. The van der Waals surface area contributed by atoms with E-state index in [2.05, 4.69) is 28.1 Å². The highest BCUT2D eigenvalue weighted by molar-refractivity contribution is 9.09. The zero-order valence-corrected chi connectivity index (χ0v) is 11.1. The van der Waals surface area contributed by atoms with Crippen molar-refractivity contribution in [2.24, 2.45) is 0 Å². The van der Waals surface area contributed by atoms with Gasteiger partial charge in [-0.05, 0) is 25.3 Å². The molecule has 0 saturated heterocycles. The van der Waals surface area contributed by atoms with Crippen LogP contribution in [0.1, 0.15) is 25.3 Å². The first kappa shape index (κ1) is 13.2. The Kier molecular flexibility index (Phi) is 6.16. The van der Waals surface area contributed by atoms with Gasteiger partial charge in [0.2, 0.25) is 0 Å². The molecule has 2 nitrogen and oxygen atoms in total. The summed E-state index contributed by atoms with van der Waals surface area (Å²) in [5.74, 6) is -0.127. The molecule has 0 amide bonds. The van der Waals surface area contributed by atoms with Crippen LogP contribution in [0.15, 0.2) is 30.3 Å². The summed E-state index contributed by atoms with van der Waals surface area (Å²) in [5.41, 5.74) is 1.30. The number of rotatable bonds is 6. The van der Waals surface area contributed by atoms with Gasteiger partial charge in [-0.25, -0.2) is 0 Å². The van der Waals surface area contributed by atoms with Crippen molar-refractivity contribution in [3.63, 3.8) is 0 Å². The summed E-state index contributed by atoms with van der Waals surface area (Å²) < 4.78 is 4.90. The first-order valence-corrected chi connectivity index (χ1v) is 6.47. The molecule has 0 aromatic heterocycles. The monoisotopic (exact) mass is 284 g/mol. The Morgan fingerprint density at radius 1 is 1.38 bits per heavy atom. The summed E-state index contributed by atoms with van der Waals surface area (Å²) in [7, 11) is 0. The van der Waals surface area contributed by atoms with E-state index in [0.29, 0.717) is 13.0 Å². The Hall–Kier alpha value is -0.830. The summed E-state index contributed by atoms with van der Waals surface area (Å²) in [6.07, 6.45) is 2.37. The molecule has 0 spiro atoms. The van der Waals surface area contributed by atoms with Gasteiger partial charge in [0.05, 0.1) is 13.0 Å². The van der Waals surface area contributed by atoms with Gasteiger partial charge in [-0.1, -0.05) is 46.3 Å². The fourth-order valence-corrected chi connectivity index (χ4v) is 1.96. The summed E-state index contributed by atoms with van der Waals surface area (Å²) >= 11 is 3.51. The van der Waals surface area contributed by atoms with Gasteiger partial charge in [-0.3, -0.25) is 4.79 Å². The van der Waals surface area contributed by atoms with Gasteiger partial charge < -0.3 is 4.74 Å². The molecule has 88 valence electrons. The molecule has 0 aliphatic heterocycles. The lowest BCUT2D eigenvalue weighted by molar-refractivity contribution is -0.143. The largest absolute Gasteiger partial charge is 0.466 e. The predicted molar refractivity (Wildman–Crippen MR) is 68.7 cm³/mol. The third kappa shape index (κ3) is 5.31. The van der Waals surface area contributed by atoms with Crippen LogP contribution in [-0.2, 0) is 16.0 Å². The second-order valence-corrected chi connectivity index (χ2v) is 4.93. The minimum Gasteiger partial charge on any atom is -0.466 e. The smallest absolute Gasteiger partial charge is 0.306 e. The van der Waals surface area contributed by atoms with Gasteiger partial charge in [0.25, 0.3) is 0 Å². The molecule has 0 heterocycles. The van der Waals surface area contributed by atoms with E-state index in [-0.39, 0.29) is 10.8 Å². The third-order valence-electron chi connectivity index (χ3n) is 2.28. The van der Waals surface area contributed by atoms with Crippen LogP contribution in [-0.4, -0.2) is 17.4 Å². The van der Waals surface area contributed by atoms with Crippen LogP contribution in [0.3, 0.4) is 0 Å². The van der Waals surface area contributed by atoms with Crippen LogP contribution in [0.25, 0.3) is 0 Å². The Morgan fingerprint density at radius 2 is 2.06 bits per heavy atom. The Balaban J connectivity index is 2.25. The molecule has 1 atom stereocenters. The number of carbonyl (C=O) groups is 1. The van der Waals surface area contributed by atoms with Crippen molar-refractivity contribution in [2.75, 3.05) is 6.61 Å². The first-order valence-electron chi connectivity index (χ1n) is 5.56. The topological polar surface area (TPSA) is 26.3 Å². The number of ether oxygens (including phenoxy) is 1. The van der Waals surface area contributed by atoms with Crippen LogP contribution >= 0.6 is 15.9 Å². The Morgan fingerprint density at radius 3 is 2.69 bits per heavy atom. The van der Waals surface area contributed by atoms with Crippen LogP contribution < -0.4 is 0 Å². The lowest BCUT2D eigenvalue weighted by Gasteiger charge is -2.08. The summed E-state index contributed by atoms with van der Waals surface area (Å²) in [5, 5.41) is 0. The van der Waals surface area contributed by atoms with Crippen LogP contribution in [0.4, 0.5) is 0 Å². The summed E-state index contributed by atoms with van der Waals surface area (Å²) in [6.45, 7) is 2.28. The number of benzene rings is 1. The molecule has 3 heteroatoms. The molecule has 0 saturated carbocycles. The Bertz CT molecular complexity index is 311. The van der Waals surface area contributed by atoms with Crippen molar-refractivity contribution in [3.8, 4) is 0 Å². The van der Waals surface area contributed by atoms with Crippen molar-refractivity contribution >= 4 is 21.9 Å². The van der Waals surface area contributed by atoms with E-state index in [1.54, 1.807) is 0 Å². The van der Waals surface area contributed by atoms with E-state index in [1.165, 1.54) is 5.56 Å². The SMILES string of the molecule is CCOC(=O)CC(Br)CCc1ccccc1. The van der Waals surface area contributed by atoms with Crippen molar-refractivity contribution < 1.29 is 9.53 Å². The second kappa shape index (κ2) is 7.44. The fraction of sp³-hybridized carbons (Fsp3) is 0.462. The average molecular weight is 285 g/mol. The fourth-order valence-electron chi connectivity index (χ4n) is 1.47. The van der Waals surface area contributed by atoms with Gasteiger partial charge in [-0.15, -0.1) is 0 Å². The number of hydrogen-bond acceptors (Lipinski definition) is 2. The number of halogens is 1. The molecule has 0 fully saturated rings. The van der Waals surface area contributed by atoms with Gasteiger partial charge in [0.15, 0.2) is 0 Å². The van der Waals surface area contributed by atoms with E-state index in [9.17, 15) is 4.79 Å². The zero-order valence-electron chi connectivity index (χ0n) is 9.49. The summed E-state index contributed by atoms with van der Waals surface area (Å²) in [4.78, 5) is 11.4. The molecule has 0 N–H and O–H groups in total. The highest BCUT2D eigenvalue weighted by Gasteiger charge is 2.11. The lowest BCUT2D eigenvalue weighted by atomic mass is 10.1. The molecule has 0 aliphatic rings. The van der Waals surface area contributed by atoms with E-state index in [4.69, 9.17) is 4.74 Å². The van der Waals surface area contributed by atoms with Gasteiger partial charge in [0, 0.05) is 4.83 Å². The molecular weight excluding hydrogens is 268 g/mol.